The number of nitrogens with zero attached hydrogens (tertiary/aromatic N) is 2. The smallest absolute Gasteiger partial charge is 0.137 e. The molecular formula is C11H13N3. The summed E-state index contributed by atoms with van der Waals surface area (Å²) in [6.07, 6.45) is 8.89. The summed E-state index contributed by atoms with van der Waals surface area (Å²) in [6, 6.07) is 5.96. The van der Waals surface area contributed by atoms with Crippen molar-refractivity contribution in [3.8, 4) is 0 Å². The maximum atomic E-state index is 5.41. The Balaban J connectivity index is 2.34. The third-order valence-corrected chi connectivity index (χ3v) is 2.07. The second kappa shape index (κ2) is 4.07. The summed E-state index contributed by atoms with van der Waals surface area (Å²) >= 11 is 0. The molecule has 3 heteroatoms. The summed E-state index contributed by atoms with van der Waals surface area (Å²) in [5.41, 5.74) is 7.47. The lowest BCUT2D eigenvalue weighted by atomic mass is 10.3. The largest absolute Gasteiger partial charge is 0.330 e. The zero-order valence-corrected chi connectivity index (χ0v) is 7.93. The van der Waals surface area contributed by atoms with Gasteiger partial charge in [-0.1, -0.05) is 12.1 Å². The van der Waals surface area contributed by atoms with Crippen LogP contribution in [0.3, 0.4) is 0 Å². The van der Waals surface area contributed by atoms with Gasteiger partial charge < -0.3 is 10.1 Å². The first-order valence-electron chi connectivity index (χ1n) is 4.70. The zero-order chi connectivity index (χ0) is 9.80. The molecule has 2 aromatic heterocycles. The first kappa shape index (κ1) is 8.97. The highest BCUT2D eigenvalue weighted by atomic mass is 15.0. The van der Waals surface area contributed by atoms with Crippen molar-refractivity contribution in [1.29, 1.82) is 0 Å². The average Bonchev–Trinajstić information content (AvgIpc) is 2.63. The molecule has 2 heterocycles. The monoisotopic (exact) mass is 187 g/mol. The Bertz CT molecular complexity index is 442. The van der Waals surface area contributed by atoms with E-state index in [2.05, 4.69) is 11.1 Å². The van der Waals surface area contributed by atoms with Gasteiger partial charge in [0.25, 0.3) is 0 Å². The third kappa shape index (κ3) is 1.67. The van der Waals surface area contributed by atoms with Crippen molar-refractivity contribution < 1.29 is 0 Å². The van der Waals surface area contributed by atoms with Crippen molar-refractivity contribution in [3.05, 3.63) is 42.4 Å². The normalized spacial score (nSPS) is 11.5. The summed E-state index contributed by atoms with van der Waals surface area (Å²) in [5.74, 6) is 0. The fourth-order valence-corrected chi connectivity index (χ4v) is 1.38. The van der Waals surface area contributed by atoms with Crippen LogP contribution in [0.5, 0.6) is 0 Å². The molecule has 0 radical (unpaired) electrons. The van der Waals surface area contributed by atoms with Crippen molar-refractivity contribution in [1.82, 2.24) is 9.38 Å². The molecule has 0 atom stereocenters. The quantitative estimate of drug-likeness (QED) is 0.794. The molecule has 72 valence electrons. The highest BCUT2D eigenvalue weighted by molar-refractivity contribution is 5.52. The van der Waals surface area contributed by atoms with Gasteiger partial charge in [0.15, 0.2) is 0 Å². The van der Waals surface area contributed by atoms with Gasteiger partial charge in [0.1, 0.15) is 5.65 Å². The van der Waals surface area contributed by atoms with E-state index in [-0.39, 0.29) is 0 Å². The van der Waals surface area contributed by atoms with E-state index in [1.807, 2.05) is 41.1 Å². The zero-order valence-electron chi connectivity index (χ0n) is 7.93. The molecule has 0 bridgehead atoms. The lowest BCUT2D eigenvalue weighted by molar-refractivity contribution is 1.01. The van der Waals surface area contributed by atoms with E-state index >= 15 is 0 Å². The van der Waals surface area contributed by atoms with E-state index in [0.29, 0.717) is 6.54 Å². The van der Waals surface area contributed by atoms with Gasteiger partial charge >= 0.3 is 0 Å². The first-order valence-corrected chi connectivity index (χ1v) is 4.70. The van der Waals surface area contributed by atoms with Crippen LogP contribution in [0.1, 0.15) is 12.1 Å². The number of imidazole rings is 1. The van der Waals surface area contributed by atoms with Crippen molar-refractivity contribution >= 4 is 11.7 Å². The van der Waals surface area contributed by atoms with Crippen LogP contribution < -0.4 is 5.73 Å². The summed E-state index contributed by atoms with van der Waals surface area (Å²) in [6.45, 7) is 0.688. The highest BCUT2D eigenvalue weighted by Gasteiger charge is 1.96. The molecule has 0 spiro atoms. The SMILES string of the molecule is NCCC=Cc1cnc2ccccn12. The van der Waals surface area contributed by atoms with Gasteiger partial charge in [-0.3, -0.25) is 0 Å². The summed E-state index contributed by atoms with van der Waals surface area (Å²) in [7, 11) is 0. The Labute approximate surface area is 82.9 Å². The van der Waals surface area contributed by atoms with Gasteiger partial charge in [-0.05, 0) is 31.2 Å². The summed E-state index contributed by atoms with van der Waals surface area (Å²) < 4.78 is 2.05. The van der Waals surface area contributed by atoms with E-state index in [0.717, 1.165) is 17.8 Å². The molecule has 0 unspecified atom stereocenters. The maximum absolute atomic E-state index is 5.41. The minimum atomic E-state index is 0.688. The molecule has 0 saturated carbocycles. The number of aromatic nitrogens is 2. The molecule has 3 nitrogen and oxygen atoms in total. The van der Waals surface area contributed by atoms with Crippen molar-refractivity contribution in [2.45, 2.75) is 6.42 Å². The van der Waals surface area contributed by atoms with Crippen LogP contribution in [0.2, 0.25) is 0 Å². The summed E-state index contributed by atoms with van der Waals surface area (Å²) in [4.78, 5) is 4.28. The number of fused-ring (bicyclic) bond motifs is 1. The van der Waals surface area contributed by atoms with Crippen LogP contribution in [0.25, 0.3) is 11.7 Å². The molecule has 0 aromatic carbocycles. The molecule has 14 heavy (non-hydrogen) atoms. The molecule has 0 fully saturated rings. The van der Waals surface area contributed by atoms with Gasteiger partial charge in [-0.2, -0.15) is 0 Å². The fourth-order valence-electron chi connectivity index (χ4n) is 1.38. The van der Waals surface area contributed by atoms with Gasteiger partial charge in [0, 0.05) is 6.20 Å². The Hall–Kier alpha value is -1.61. The molecule has 2 rings (SSSR count). The van der Waals surface area contributed by atoms with E-state index in [4.69, 9.17) is 5.73 Å². The van der Waals surface area contributed by atoms with E-state index in [1.54, 1.807) is 0 Å². The summed E-state index contributed by atoms with van der Waals surface area (Å²) in [5, 5.41) is 0. The van der Waals surface area contributed by atoms with E-state index < -0.39 is 0 Å². The number of rotatable bonds is 3. The molecule has 2 N–H and O–H groups in total. The maximum Gasteiger partial charge on any atom is 0.137 e. The molecule has 0 saturated heterocycles. The van der Waals surface area contributed by atoms with Crippen LogP contribution >= 0.6 is 0 Å². The molecule has 0 aliphatic carbocycles. The van der Waals surface area contributed by atoms with Crippen molar-refractivity contribution in [2.75, 3.05) is 6.54 Å². The van der Waals surface area contributed by atoms with E-state index in [1.165, 1.54) is 0 Å². The number of hydrogen-bond donors (Lipinski definition) is 1. The topological polar surface area (TPSA) is 43.3 Å². The Morgan fingerprint density at radius 3 is 3.21 bits per heavy atom. The first-order chi connectivity index (χ1) is 6.92. The van der Waals surface area contributed by atoms with Crippen molar-refractivity contribution in [2.24, 2.45) is 5.73 Å². The molecular weight excluding hydrogens is 174 g/mol. The molecule has 0 aliphatic rings. The minimum absolute atomic E-state index is 0.688. The Kier molecular flexibility index (Phi) is 2.60. The lowest BCUT2D eigenvalue weighted by Crippen LogP contribution is -1.95. The van der Waals surface area contributed by atoms with E-state index in [9.17, 15) is 0 Å². The van der Waals surface area contributed by atoms with Crippen LogP contribution in [0.4, 0.5) is 0 Å². The highest BCUT2D eigenvalue weighted by Crippen LogP contribution is 2.07. The number of pyridine rings is 1. The van der Waals surface area contributed by atoms with Gasteiger partial charge in [-0.15, -0.1) is 0 Å². The number of nitrogens with two attached hydrogens (primary N) is 1. The second-order valence-electron chi connectivity index (χ2n) is 3.09. The standard InChI is InChI=1S/C11H13N3/c12-7-3-1-5-10-9-13-11-6-2-4-8-14(10)11/h1-2,4-6,8-9H,3,7,12H2. The van der Waals surface area contributed by atoms with Crippen LogP contribution in [-0.4, -0.2) is 15.9 Å². The van der Waals surface area contributed by atoms with Crippen LogP contribution in [-0.2, 0) is 0 Å². The van der Waals surface area contributed by atoms with Crippen LogP contribution in [0.15, 0.2) is 36.7 Å². The molecule has 0 amide bonds. The van der Waals surface area contributed by atoms with Gasteiger partial charge in [-0.25, -0.2) is 4.98 Å². The Morgan fingerprint density at radius 2 is 2.36 bits per heavy atom. The minimum Gasteiger partial charge on any atom is -0.330 e. The van der Waals surface area contributed by atoms with Crippen LogP contribution in [0, 0.1) is 0 Å². The Morgan fingerprint density at radius 1 is 1.43 bits per heavy atom. The molecule has 2 aromatic rings. The predicted octanol–water partition coefficient (Wildman–Crippen LogP) is 1.70. The fraction of sp³-hybridized carbons (Fsp3) is 0.182. The predicted molar refractivity (Wildman–Crippen MR) is 57.9 cm³/mol. The van der Waals surface area contributed by atoms with Gasteiger partial charge in [0.05, 0.1) is 11.9 Å². The third-order valence-electron chi connectivity index (χ3n) is 2.07. The number of hydrogen-bond acceptors (Lipinski definition) is 2. The average molecular weight is 187 g/mol. The second-order valence-corrected chi connectivity index (χ2v) is 3.09. The lowest BCUT2D eigenvalue weighted by Gasteiger charge is -1.94. The molecule has 0 aliphatic heterocycles. The van der Waals surface area contributed by atoms with Crippen molar-refractivity contribution in [3.63, 3.8) is 0 Å². The van der Waals surface area contributed by atoms with Gasteiger partial charge in [0.2, 0.25) is 0 Å².